The van der Waals surface area contributed by atoms with Gasteiger partial charge in [-0.05, 0) is 46.0 Å². The second-order valence-corrected chi connectivity index (χ2v) is 13.5. The zero-order valence-electron chi connectivity index (χ0n) is 20.7. The van der Waals surface area contributed by atoms with Gasteiger partial charge in [0, 0.05) is 11.9 Å². The van der Waals surface area contributed by atoms with E-state index < -0.39 is 10.1 Å². The SMILES string of the molecule is CCCCCCCNC(=O)Cc1csc(SC(C)(C)C(=O)OC2(P)CCCCCCCC2)n1. The molecule has 0 radical (unpaired) electrons. The zero-order valence-corrected chi connectivity index (χ0v) is 23.5. The molecule has 0 bridgehead atoms. The number of hydrogen-bond acceptors (Lipinski definition) is 6. The van der Waals surface area contributed by atoms with Gasteiger partial charge in [0.1, 0.15) is 10.1 Å². The standard InChI is InChI=1S/C25H43N2O3PS2/c1-4-5-6-11-14-17-26-21(28)18-20-19-32-23(27-20)33-24(2,3)22(29)30-25(31)15-12-9-7-8-10-13-16-25/h19H,4-18,31H2,1-3H3,(H,26,28). The monoisotopic (exact) mass is 514 g/mol. The molecule has 8 heteroatoms. The lowest BCUT2D eigenvalue weighted by Crippen LogP contribution is -2.38. The number of nitrogens with one attached hydrogen (secondary N) is 1. The van der Waals surface area contributed by atoms with Crippen molar-refractivity contribution in [2.45, 2.75) is 125 Å². The van der Waals surface area contributed by atoms with Gasteiger partial charge < -0.3 is 10.1 Å². The van der Waals surface area contributed by atoms with Gasteiger partial charge in [0.05, 0.1) is 12.1 Å². The van der Waals surface area contributed by atoms with Gasteiger partial charge >= 0.3 is 5.97 Å². The lowest BCUT2D eigenvalue weighted by atomic mass is 10.1. The Balaban J connectivity index is 1.81. The van der Waals surface area contributed by atoms with Crippen LogP contribution in [0.25, 0.3) is 0 Å². The van der Waals surface area contributed by atoms with E-state index in [0.717, 1.165) is 55.1 Å². The van der Waals surface area contributed by atoms with Crippen LogP contribution in [0, 0.1) is 0 Å². The van der Waals surface area contributed by atoms with E-state index in [2.05, 4.69) is 26.5 Å². The molecule has 1 N–H and O–H groups in total. The van der Waals surface area contributed by atoms with Gasteiger partial charge in [0.2, 0.25) is 5.91 Å². The topological polar surface area (TPSA) is 68.3 Å². The van der Waals surface area contributed by atoms with Crippen molar-refractivity contribution in [2.75, 3.05) is 6.54 Å². The molecule has 1 heterocycles. The van der Waals surface area contributed by atoms with Crippen molar-refractivity contribution < 1.29 is 14.3 Å². The summed E-state index contributed by atoms with van der Waals surface area (Å²) in [5.74, 6) is -0.185. The highest BCUT2D eigenvalue weighted by molar-refractivity contribution is 8.03. The normalized spacial score (nSPS) is 17.0. The highest BCUT2D eigenvalue weighted by atomic mass is 32.2. The van der Waals surface area contributed by atoms with Crippen molar-refractivity contribution in [1.29, 1.82) is 0 Å². The molecule has 1 unspecified atom stereocenters. The second kappa shape index (κ2) is 14.7. The molecule has 0 spiro atoms. The van der Waals surface area contributed by atoms with E-state index in [9.17, 15) is 9.59 Å². The van der Waals surface area contributed by atoms with Crippen LogP contribution in [0.2, 0.25) is 0 Å². The van der Waals surface area contributed by atoms with Crippen LogP contribution in [-0.4, -0.2) is 33.5 Å². The lowest BCUT2D eigenvalue weighted by Gasteiger charge is -2.33. The van der Waals surface area contributed by atoms with Crippen LogP contribution < -0.4 is 5.32 Å². The molecule has 1 aliphatic carbocycles. The van der Waals surface area contributed by atoms with Gasteiger partial charge in [0.25, 0.3) is 0 Å². The molecule has 1 aromatic rings. The Morgan fingerprint density at radius 3 is 2.42 bits per heavy atom. The van der Waals surface area contributed by atoms with Crippen LogP contribution in [0.3, 0.4) is 0 Å². The average molecular weight is 515 g/mol. The molecule has 0 aliphatic heterocycles. The fourth-order valence-electron chi connectivity index (χ4n) is 3.95. The minimum Gasteiger partial charge on any atom is -0.454 e. The van der Waals surface area contributed by atoms with Crippen LogP contribution >= 0.6 is 32.3 Å². The largest absolute Gasteiger partial charge is 0.454 e. The van der Waals surface area contributed by atoms with Gasteiger partial charge in [-0.3, -0.25) is 9.59 Å². The van der Waals surface area contributed by atoms with E-state index in [0.29, 0.717) is 0 Å². The predicted molar refractivity (Wildman–Crippen MR) is 143 cm³/mol. The van der Waals surface area contributed by atoms with Crippen molar-refractivity contribution in [3.8, 4) is 0 Å². The van der Waals surface area contributed by atoms with E-state index in [1.165, 1.54) is 68.0 Å². The number of carbonyl (C=O) groups is 2. The van der Waals surface area contributed by atoms with Crippen molar-refractivity contribution >= 4 is 44.2 Å². The zero-order chi connectivity index (χ0) is 24.2. The highest BCUT2D eigenvalue weighted by Crippen LogP contribution is 2.40. The van der Waals surface area contributed by atoms with Gasteiger partial charge in [-0.1, -0.05) is 79.3 Å². The van der Waals surface area contributed by atoms with Gasteiger partial charge in [-0.2, -0.15) is 0 Å². The third-order valence-corrected chi connectivity index (χ3v) is 8.91. The maximum absolute atomic E-state index is 13.1. The summed E-state index contributed by atoms with van der Waals surface area (Å²) in [7, 11) is 2.83. The van der Waals surface area contributed by atoms with Crippen molar-refractivity contribution in [3.63, 3.8) is 0 Å². The molecule has 2 rings (SSSR count). The summed E-state index contributed by atoms with van der Waals surface area (Å²) in [6.45, 7) is 6.72. The van der Waals surface area contributed by atoms with Crippen molar-refractivity contribution in [1.82, 2.24) is 10.3 Å². The number of hydrogen-bond donors (Lipinski definition) is 1. The first-order valence-electron chi connectivity index (χ1n) is 12.7. The molecule has 1 aliphatic rings. The Labute approximate surface area is 211 Å². The highest BCUT2D eigenvalue weighted by Gasteiger charge is 2.38. The first-order chi connectivity index (χ1) is 15.7. The Morgan fingerprint density at radius 2 is 1.76 bits per heavy atom. The number of amides is 1. The quantitative estimate of drug-likeness (QED) is 0.142. The Morgan fingerprint density at radius 1 is 1.12 bits per heavy atom. The molecule has 1 aromatic heterocycles. The first-order valence-corrected chi connectivity index (χ1v) is 14.9. The molecular weight excluding hydrogens is 471 g/mol. The van der Waals surface area contributed by atoms with E-state index in [1.54, 1.807) is 0 Å². The number of thioether (sulfide) groups is 1. The van der Waals surface area contributed by atoms with Crippen LogP contribution in [-0.2, 0) is 20.7 Å². The maximum atomic E-state index is 13.1. The van der Waals surface area contributed by atoms with Gasteiger partial charge in [-0.15, -0.1) is 11.3 Å². The second-order valence-electron chi connectivity index (χ2n) is 9.73. The van der Waals surface area contributed by atoms with Crippen LogP contribution in [0.4, 0.5) is 0 Å². The summed E-state index contributed by atoms with van der Waals surface area (Å²) in [6, 6.07) is 0. The summed E-state index contributed by atoms with van der Waals surface area (Å²) < 4.78 is 6.13. The lowest BCUT2D eigenvalue weighted by molar-refractivity contribution is -0.154. The summed E-state index contributed by atoms with van der Waals surface area (Å²) >= 11 is 2.91. The number of unbranched alkanes of at least 4 members (excludes halogenated alkanes) is 4. The number of rotatable bonds is 12. The molecule has 1 amide bonds. The van der Waals surface area contributed by atoms with Gasteiger partial charge in [0.15, 0.2) is 4.34 Å². The maximum Gasteiger partial charge on any atom is 0.322 e. The molecule has 1 fully saturated rings. The molecule has 188 valence electrons. The summed E-state index contributed by atoms with van der Waals surface area (Å²) in [5, 5.41) is 4.45. The predicted octanol–water partition coefficient (Wildman–Crippen LogP) is 6.89. The fraction of sp³-hybridized carbons (Fsp3) is 0.800. The smallest absolute Gasteiger partial charge is 0.322 e. The summed E-state index contributed by atoms with van der Waals surface area (Å²) in [5.41, 5.74) is 0.758. The third kappa shape index (κ3) is 11.1. The number of ether oxygens (including phenoxy) is 1. The number of aromatic nitrogens is 1. The number of carbonyl (C=O) groups excluding carboxylic acids is 2. The molecular formula is C25H43N2O3PS2. The van der Waals surface area contributed by atoms with E-state index in [-0.39, 0.29) is 18.3 Å². The number of thiazole rings is 1. The average Bonchev–Trinajstić information content (AvgIpc) is 3.21. The third-order valence-electron chi connectivity index (χ3n) is 6.05. The van der Waals surface area contributed by atoms with Crippen molar-refractivity contribution in [2.24, 2.45) is 0 Å². The molecule has 33 heavy (non-hydrogen) atoms. The molecule has 5 nitrogen and oxygen atoms in total. The molecule has 0 saturated heterocycles. The van der Waals surface area contributed by atoms with Crippen molar-refractivity contribution in [3.05, 3.63) is 11.1 Å². The fourth-order valence-corrected chi connectivity index (χ4v) is 6.69. The van der Waals surface area contributed by atoms with Gasteiger partial charge in [-0.25, -0.2) is 4.98 Å². The van der Waals surface area contributed by atoms with Crippen LogP contribution in [0.15, 0.2) is 9.72 Å². The van der Waals surface area contributed by atoms with E-state index in [4.69, 9.17) is 4.74 Å². The Bertz CT molecular complexity index is 729. The van der Waals surface area contributed by atoms with Crippen LogP contribution in [0.1, 0.15) is 110 Å². The molecule has 0 aromatic carbocycles. The first kappa shape index (κ1) is 28.6. The summed E-state index contributed by atoms with van der Waals surface area (Å²) in [6.07, 6.45) is 15.2. The van der Waals surface area contributed by atoms with E-state index >= 15 is 0 Å². The van der Waals surface area contributed by atoms with Crippen LogP contribution in [0.5, 0.6) is 0 Å². The number of esters is 1. The minimum atomic E-state index is -0.738. The van der Waals surface area contributed by atoms with E-state index in [1.807, 2.05) is 19.2 Å². The summed E-state index contributed by atoms with van der Waals surface area (Å²) in [4.78, 5) is 29.9. The minimum absolute atomic E-state index is 0.0103. The molecule has 1 atom stereocenters. The Kier molecular flexibility index (Phi) is 12.7. The molecule has 1 saturated carbocycles. The Hall–Kier alpha value is -0.650. The number of nitrogens with zero attached hydrogens (tertiary/aromatic N) is 1.